The molecular formula is C52H98O12S. The Morgan fingerprint density at radius 1 is 0.354 bits per heavy atom. The van der Waals surface area contributed by atoms with Crippen LogP contribution in [0.15, 0.2) is 0 Å². The Hall–Kier alpha value is -1.03. The number of aliphatic hydroxyl groups is 6. The van der Waals surface area contributed by atoms with Gasteiger partial charge in [0.05, 0.1) is 0 Å². The van der Waals surface area contributed by atoms with Crippen molar-refractivity contribution in [3.8, 4) is 0 Å². The fourth-order valence-corrected chi connectivity index (χ4v) is 10.3. The van der Waals surface area contributed by atoms with E-state index in [1.165, 1.54) is 167 Å². The molecule has 2 aliphatic rings. The normalized spacial score (nSPS) is 25.8. The van der Waals surface area contributed by atoms with Crippen LogP contribution < -0.4 is 0 Å². The molecule has 384 valence electrons. The maximum absolute atomic E-state index is 12.5. The van der Waals surface area contributed by atoms with Gasteiger partial charge in [-0.05, 0) is 12.8 Å². The lowest BCUT2D eigenvalue weighted by molar-refractivity contribution is -0.218. The van der Waals surface area contributed by atoms with Crippen LogP contribution in [0.4, 0.5) is 0 Å². The van der Waals surface area contributed by atoms with Crippen LogP contribution in [-0.2, 0) is 28.5 Å². The predicted molar refractivity (Wildman–Crippen MR) is 260 cm³/mol. The summed E-state index contributed by atoms with van der Waals surface area (Å²) in [5, 5.41) is 64.0. The van der Waals surface area contributed by atoms with Crippen LogP contribution in [0.25, 0.3) is 0 Å². The Labute approximate surface area is 399 Å². The van der Waals surface area contributed by atoms with E-state index in [0.717, 1.165) is 50.3 Å². The molecule has 0 radical (unpaired) electrons. The third kappa shape index (κ3) is 28.3. The van der Waals surface area contributed by atoms with Crippen LogP contribution in [0.5, 0.6) is 0 Å². The largest absolute Gasteiger partial charge is 0.463 e. The second kappa shape index (κ2) is 39.8. The van der Waals surface area contributed by atoms with Crippen molar-refractivity contribution in [3.63, 3.8) is 0 Å². The molecule has 0 saturated carbocycles. The summed E-state index contributed by atoms with van der Waals surface area (Å²) in [6, 6.07) is 0. The van der Waals surface area contributed by atoms with Gasteiger partial charge in [-0.3, -0.25) is 9.59 Å². The molecule has 6 N–H and O–H groups in total. The summed E-state index contributed by atoms with van der Waals surface area (Å²) in [6.45, 7) is 3.81. The Morgan fingerprint density at radius 2 is 0.585 bits per heavy atom. The zero-order valence-electron chi connectivity index (χ0n) is 41.2. The maximum atomic E-state index is 12.5. The molecule has 2 rings (SSSR count). The van der Waals surface area contributed by atoms with Gasteiger partial charge < -0.3 is 49.6 Å². The minimum absolute atomic E-state index is 0.221. The van der Waals surface area contributed by atoms with E-state index < -0.39 is 71.6 Å². The Balaban J connectivity index is 1.57. The second-order valence-electron chi connectivity index (χ2n) is 19.3. The summed E-state index contributed by atoms with van der Waals surface area (Å²) in [4.78, 5) is 25.1. The standard InChI is InChI=1S/C52H98O12S/c1-3-5-7-9-11-13-15-17-19-21-23-25-27-29-31-33-35-37-43(53)61-39-41-45(55)47(57)49(59)51(63-41)65-52-50(60)48(58)46(56)42(64-52)40-62-44(54)38-36-34-32-30-28-26-24-22-20-18-16-14-12-10-8-6-4-2/h41-42,45-52,55-60H,3-40H2,1-2H3/t41-,42-,45-,46-,47+,48+,49-,50-,51-,52-/m1/s1. The van der Waals surface area contributed by atoms with Crippen LogP contribution in [0.1, 0.15) is 245 Å². The molecule has 13 heteroatoms. The highest BCUT2D eigenvalue weighted by atomic mass is 32.2. The van der Waals surface area contributed by atoms with Crippen molar-refractivity contribution in [3.05, 3.63) is 0 Å². The molecule has 12 nitrogen and oxygen atoms in total. The lowest BCUT2D eigenvalue weighted by Crippen LogP contribution is -2.61. The number of esters is 2. The topological polar surface area (TPSA) is 192 Å². The van der Waals surface area contributed by atoms with E-state index in [1.54, 1.807) is 0 Å². The van der Waals surface area contributed by atoms with Gasteiger partial charge >= 0.3 is 11.9 Å². The zero-order valence-corrected chi connectivity index (χ0v) is 42.0. The zero-order chi connectivity index (χ0) is 47.3. The first kappa shape index (κ1) is 60.1. The van der Waals surface area contributed by atoms with Crippen molar-refractivity contribution in [1.29, 1.82) is 0 Å². The smallest absolute Gasteiger partial charge is 0.305 e. The highest BCUT2D eigenvalue weighted by Crippen LogP contribution is 2.37. The number of hydrogen-bond acceptors (Lipinski definition) is 13. The van der Waals surface area contributed by atoms with Gasteiger partial charge in [-0.2, -0.15) is 0 Å². The second-order valence-corrected chi connectivity index (χ2v) is 20.5. The Kier molecular flexibility index (Phi) is 36.8. The number of rotatable bonds is 42. The number of carbonyl (C=O) groups excluding carboxylic acids is 2. The molecule has 0 aromatic carbocycles. The number of aliphatic hydroxyl groups excluding tert-OH is 6. The van der Waals surface area contributed by atoms with E-state index >= 15 is 0 Å². The van der Waals surface area contributed by atoms with Gasteiger partial charge in [0, 0.05) is 12.8 Å². The average molecular weight is 947 g/mol. The van der Waals surface area contributed by atoms with Gasteiger partial charge in [-0.15, -0.1) is 0 Å². The van der Waals surface area contributed by atoms with Gasteiger partial charge in [-0.25, -0.2) is 0 Å². The summed E-state index contributed by atoms with van der Waals surface area (Å²) in [7, 11) is 0. The van der Waals surface area contributed by atoms with Crippen molar-refractivity contribution in [2.24, 2.45) is 0 Å². The third-order valence-electron chi connectivity index (χ3n) is 13.4. The lowest BCUT2D eigenvalue weighted by atomic mass is 10.00. The molecule has 0 unspecified atom stereocenters. The fraction of sp³-hybridized carbons (Fsp3) is 0.962. The van der Waals surface area contributed by atoms with Gasteiger partial charge in [0.15, 0.2) is 0 Å². The van der Waals surface area contributed by atoms with Crippen molar-refractivity contribution in [1.82, 2.24) is 0 Å². The van der Waals surface area contributed by atoms with Gasteiger partial charge in [0.1, 0.15) is 72.9 Å². The van der Waals surface area contributed by atoms with Crippen LogP contribution in [0, 0.1) is 0 Å². The van der Waals surface area contributed by atoms with Crippen molar-refractivity contribution >= 4 is 23.7 Å². The maximum Gasteiger partial charge on any atom is 0.305 e. The van der Waals surface area contributed by atoms with Crippen molar-refractivity contribution < 1.29 is 59.2 Å². The van der Waals surface area contributed by atoms with E-state index in [1.807, 2.05) is 0 Å². The molecule has 0 spiro atoms. The quantitative estimate of drug-likeness (QED) is 0.0250. The van der Waals surface area contributed by atoms with Crippen LogP contribution in [0.2, 0.25) is 0 Å². The molecule has 10 atom stereocenters. The van der Waals surface area contributed by atoms with Crippen LogP contribution >= 0.6 is 11.8 Å². The van der Waals surface area contributed by atoms with Gasteiger partial charge in [0.2, 0.25) is 0 Å². The molecule has 0 amide bonds. The number of carbonyl (C=O) groups is 2. The molecule has 2 aliphatic heterocycles. The molecular weight excluding hydrogens is 849 g/mol. The molecule has 0 aliphatic carbocycles. The molecule has 65 heavy (non-hydrogen) atoms. The minimum Gasteiger partial charge on any atom is -0.463 e. The SMILES string of the molecule is CCCCCCCCCCCCCCCCCCCC(=O)OC[C@H]1O[C@H](S[C@H]2O[C@H](COC(=O)CCCCCCCCCCCCCCCCCCC)[C@@H](O)[C@H](O)[C@H]2O)[C@H](O)[C@@H](O)[C@@H]1O. The molecule has 0 bridgehead atoms. The van der Waals surface area contributed by atoms with Gasteiger partial charge in [0.25, 0.3) is 0 Å². The van der Waals surface area contributed by atoms with Crippen LogP contribution in [0.3, 0.4) is 0 Å². The van der Waals surface area contributed by atoms with Crippen LogP contribution in [-0.4, -0.2) is 115 Å². The van der Waals surface area contributed by atoms with E-state index in [-0.39, 0.29) is 26.1 Å². The number of ether oxygens (including phenoxy) is 4. The number of hydrogen-bond donors (Lipinski definition) is 6. The van der Waals surface area contributed by atoms with Gasteiger partial charge in [-0.1, -0.05) is 231 Å². The summed E-state index contributed by atoms with van der Waals surface area (Å²) < 4.78 is 22.5. The van der Waals surface area contributed by atoms with E-state index in [2.05, 4.69) is 13.8 Å². The third-order valence-corrected chi connectivity index (χ3v) is 14.7. The van der Waals surface area contributed by atoms with Crippen molar-refractivity contribution in [2.45, 2.75) is 305 Å². The fourth-order valence-electron chi connectivity index (χ4n) is 8.95. The monoisotopic (exact) mass is 947 g/mol. The Morgan fingerprint density at radius 3 is 0.831 bits per heavy atom. The highest BCUT2D eigenvalue weighted by Gasteiger charge is 2.50. The first-order valence-corrected chi connectivity index (χ1v) is 27.9. The molecule has 2 saturated heterocycles. The summed E-state index contributed by atoms with van der Waals surface area (Å²) in [6.07, 6.45) is 30.8. The molecule has 0 aromatic heterocycles. The first-order chi connectivity index (χ1) is 31.6. The molecule has 2 fully saturated rings. The van der Waals surface area contributed by atoms with E-state index in [9.17, 15) is 40.2 Å². The van der Waals surface area contributed by atoms with E-state index in [4.69, 9.17) is 18.9 Å². The lowest BCUT2D eigenvalue weighted by Gasteiger charge is -2.44. The number of thioether (sulfide) groups is 1. The minimum atomic E-state index is -1.66. The van der Waals surface area contributed by atoms with E-state index in [0.29, 0.717) is 12.8 Å². The summed E-state index contributed by atoms with van der Waals surface area (Å²) in [5.74, 6) is -0.894. The molecule has 0 aromatic rings. The first-order valence-electron chi connectivity index (χ1n) is 27.0. The highest BCUT2D eigenvalue weighted by molar-refractivity contribution is 8.00. The summed E-state index contributed by atoms with van der Waals surface area (Å²) >= 11 is 0.745. The van der Waals surface area contributed by atoms with Crippen molar-refractivity contribution in [2.75, 3.05) is 13.2 Å². The summed E-state index contributed by atoms with van der Waals surface area (Å²) in [5.41, 5.74) is -2.51. The molecule has 2 heterocycles. The Bertz CT molecular complexity index is 1050. The average Bonchev–Trinajstić information content (AvgIpc) is 3.30. The number of unbranched alkanes of at least 4 members (excludes halogenated alkanes) is 32. The predicted octanol–water partition coefficient (Wildman–Crippen LogP) is 10.5.